The lowest BCUT2D eigenvalue weighted by atomic mass is 10.1. The number of carbonyl (C=O) groups excluding carboxylic acids is 1. The third-order valence-electron chi connectivity index (χ3n) is 2.02. The van der Waals surface area contributed by atoms with Crippen LogP contribution in [0.2, 0.25) is 0 Å². The van der Waals surface area contributed by atoms with E-state index in [2.05, 4.69) is 13.8 Å². The quantitative estimate of drug-likeness (QED) is 0.703. The van der Waals surface area contributed by atoms with Crippen LogP contribution in [0.5, 0.6) is 0 Å². The van der Waals surface area contributed by atoms with Crippen LogP contribution >= 0.6 is 23.5 Å². The van der Waals surface area contributed by atoms with Crippen molar-refractivity contribution < 1.29 is 4.79 Å². The van der Waals surface area contributed by atoms with Gasteiger partial charge in [-0.15, -0.1) is 23.5 Å². The molecule has 0 atom stereocenters. The first-order valence-corrected chi connectivity index (χ1v) is 6.59. The van der Waals surface area contributed by atoms with Crippen molar-refractivity contribution in [2.75, 3.05) is 11.5 Å². The van der Waals surface area contributed by atoms with Crippen molar-refractivity contribution in [2.24, 2.45) is 5.92 Å². The minimum absolute atomic E-state index is 0.344. The molecule has 0 saturated carbocycles. The zero-order valence-corrected chi connectivity index (χ0v) is 9.34. The zero-order chi connectivity index (χ0) is 8.97. The summed E-state index contributed by atoms with van der Waals surface area (Å²) in [6, 6.07) is 0. The van der Waals surface area contributed by atoms with Crippen LogP contribution in [0.4, 0.5) is 0 Å². The molecule has 0 aromatic carbocycles. The van der Waals surface area contributed by atoms with Gasteiger partial charge >= 0.3 is 0 Å². The first-order valence-electron chi connectivity index (χ1n) is 4.50. The average Bonchev–Trinajstić information content (AvgIpc) is 2.06. The third kappa shape index (κ3) is 3.02. The van der Waals surface area contributed by atoms with E-state index in [4.69, 9.17) is 0 Å². The SMILES string of the molecule is CCCC(=O)C1CSC(C)SC1. The number of Topliss-reactive ketones (excluding diaryl/α,β-unsaturated/α-hetero) is 1. The standard InChI is InChI=1S/C9H16OS2/c1-3-4-9(10)8-5-11-7(2)12-6-8/h7-8H,3-6H2,1-2H3. The molecule has 0 aromatic rings. The Morgan fingerprint density at radius 3 is 2.50 bits per heavy atom. The van der Waals surface area contributed by atoms with Crippen molar-refractivity contribution in [3.63, 3.8) is 0 Å². The van der Waals surface area contributed by atoms with E-state index >= 15 is 0 Å². The summed E-state index contributed by atoms with van der Waals surface area (Å²) in [7, 11) is 0. The van der Waals surface area contributed by atoms with Gasteiger partial charge in [-0.2, -0.15) is 0 Å². The molecule has 0 unspecified atom stereocenters. The van der Waals surface area contributed by atoms with Gasteiger partial charge in [-0.05, 0) is 13.3 Å². The summed E-state index contributed by atoms with van der Waals surface area (Å²) in [4.78, 5) is 11.5. The molecule has 1 saturated heterocycles. The molecule has 1 aliphatic rings. The molecule has 12 heavy (non-hydrogen) atoms. The van der Waals surface area contributed by atoms with Crippen molar-refractivity contribution >= 4 is 29.3 Å². The van der Waals surface area contributed by atoms with Gasteiger partial charge in [-0.3, -0.25) is 4.79 Å². The summed E-state index contributed by atoms with van der Waals surface area (Å²) in [6.45, 7) is 4.29. The van der Waals surface area contributed by atoms with E-state index in [1.54, 1.807) is 0 Å². The second-order valence-electron chi connectivity index (χ2n) is 3.15. The molecule has 1 heterocycles. The average molecular weight is 204 g/mol. The molecule has 0 spiro atoms. The molecule has 0 amide bonds. The van der Waals surface area contributed by atoms with Crippen LogP contribution < -0.4 is 0 Å². The van der Waals surface area contributed by atoms with Gasteiger partial charge in [0.2, 0.25) is 0 Å². The number of hydrogen-bond donors (Lipinski definition) is 0. The summed E-state index contributed by atoms with van der Waals surface area (Å²) in [5, 5.41) is 0. The van der Waals surface area contributed by atoms with Crippen LogP contribution in [0.3, 0.4) is 0 Å². The summed E-state index contributed by atoms with van der Waals surface area (Å²) in [5.41, 5.74) is 0. The maximum Gasteiger partial charge on any atom is 0.137 e. The molecular weight excluding hydrogens is 188 g/mol. The smallest absolute Gasteiger partial charge is 0.137 e. The minimum Gasteiger partial charge on any atom is -0.299 e. The summed E-state index contributed by atoms with van der Waals surface area (Å²) in [5.74, 6) is 2.92. The Morgan fingerprint density at radius 2 is 2.00 bits per heavy atom. The Kier molecular flexibility index (Phi) is 4.51. The van der Waals surface area contributed by atoms with Crippen molar-refractivity contribution in [3.8, 4) is 0 Å². The molecule has 0 radical (unpaired) electrons. The summed E-state index contributed by atoms with van der Waals surface area (Å²) >= 11 is 3.84. The van der Waals surface area contributed by atoms with Crippen LogP contribution in [0.25, 0.3) is 0 Å². The first-order chi connectivity index (χ1) is 5.74. The molecule has 3 heteroatoms. The summed E-state index contributed by atoms with van der Waals surface area (Å²) in [6.07, 6.45) is 1.78. The van der Waals surface area contributed by atoms with Crippen molar-refractivity contribution in [3.05, 3.63) is 0 Å². The molecule has 1 aliphatic heterocycles. The van der Waals surface area contributed by atoms with Gasteiger partial charge in [0.25, 0.3) is 0 Å². The highest BCUT2D eigenvalue weighted by atomic mass is 32.2. The van der Waals surface area contributed by atoms with E-state index in [1.165, 1.54) is 0 Å². The van der Waals surface area contributed by atoms with E-state index in [0.29, 0.717) is 16.3 Å². The molecule has 1 nitrogen and oxygen atoms in total. The normalized spacial score (nSPS) is 30.2. The number of carbonyl (C=O) groups is 1. The van der Waals surface area contributed by atoms with Crippen LogP contribution in [0, 0.1) is 5.92 Å². The van der Waals surface area contributed by atoms with Gasteiger partial charge in [0, 0.05) is 28.4 Å². The fraction of sp³-hybridized carbons (Fsp3) is 0.889. The van der Waals surface area contributed by atoms with Crippen LogP contribution in [0.1, 0.15) is 26.7 Å². The van der Waals surface area contributed by atoms with Crippen LogP contribution in [-0.2, 0) is 4.79 Å². The largest absolute Gasteiger partial charge is 0.299 e. The fourth-order valence-electron chi connectivity index (χ4n) is 1.24. The van der Waals surface area contributed by atoms with Gasteiger partial charge in [0.05, 0.1) is 0 Å². The highest BCUT2D eigenvalue weighted by Crippen LogP contribution is 2.33. The van der Waals surface area contributed by atoms with Gasteiger partial charge < -0.3 is 0 Å². The van der Waals surface area contributed by atoms with E-state index in [-0.39, 0.29) is 0 Å². The van der Waals surface area contributed by atoms with E-state index in [0.717, 1.165) is 24.3 Å². The minimum atomic E-state index is 0.344. The molecular formula is C9H16OS2. The first kappa shape index (κ1) is 10.5. The number of rotatable bonds is 3. The molecule has 0 aromatic heterocycles. The number of ketones is 1. The van der Waals surface area contributed by atoms with Crippen LogP contribution in [0.15, 0.2) is 0 Å². The molecule has 0 N–H and O–H groups in total. The lowest BCUT2D eigenvalue weighted by molar-refractivity contribution is -0.121. The fourth-order valence-corrected chi connectivity index (χ4v) is 3.86. The Balaban J connectivity index is 2.29. The monoisotopic (exact) mass is 204 g/mol. The number of hydrogen-bond acceptors (Lipinski definition) is 3. The van der Waals surface area contributed by atoms with E-state index < -0.39 is 0 Å². The Hall–Kier alpha value is 0.370. The molecule has 1 rings (SSSR count). The lowest BCUT2D eigenvalue weighted by Gasteiger charge is -2.24. The molecule has 0 aliphatic carbocycles. The van der Waals surface area contributed by atoms with Crippen molar-refractivity contribution in [1.29, 1.82) is 0 Å². The number of thioether (sulfide) groups is 2. The highest BCUT2D eigenvalue weighted by molar-refractivity contribution is 8.17. The third-order valence-corrected chi connectivity index (χ3v) is 4.96. The topological polar surface area (TPSA) is 17.1 Å². The maximum absolute atomic E-state index is 11.5. The van der Waals surface area contributed by atoms with Gasteiger partial charge in [0.1, 0.15) is 5.78 Å². The lowest BCUT2D eigenvalue weighted by Crippen LogP contribution is -2.24. The van der Waals surface area contributed by atoms with Crippen LogP contribution in [-0.4, -0.2) is 21.9 Å². The van der Waals surface area contributed by atoms with Gasteiger partial charge in [0.15, 0.2) is 0 Å². The molecule has 0 bridgehead atoms. The van der Waals surface area contributed by atoms with Crippen molar-refractivity contribution in [1.82, 2.24) is 0 Å². The Morgan fingerprint density at radius 1 is 1.42 bits per heavy atom. The van der Waals surface area contributed by atoms with Crippen molar-refractivity contribution in [2.45, 2.75) is 31.3 Å². The zero-order valence-electron chi connectivity index (χ0n) is 7.71. The molecule has 70 valence electrons. The van der Waals surface area contributed by atoms with E-state index in [1.807, 2.05) is 23.5 Å². The predicted octanol–water partition coefficient (Wildman–Crippen LogP) is 2.80. The van der Waals surface area contributed by atoms with E-state index in [9.17, 15) is 4.79 Å². The van der Waals surface area contributed by atoms with Gasteiger partial charge in [-0.25, -0.2) is 0 Å². The highest BCUT2D eigenvalue weighted by Gasteiger charge is 2.23. The maximum atomic E-state index is 11.5. The molecule has 1 fully saturated rings. The second kappa shape index (κ2) is 5.18. The van der Waals surface area contributed by atoms with Gasteiger partial charge in [-0.1, -0.05) is 6.92 Å². The Labute approximate surface area is 83.1 Å². The Bertz CT molecular complexity index is 151. The second-order valence-corrected chi connectivity index (χ2v) is 6.19. The predicted molar refractivity (Wildman–Crippen MR) is 57.8 cm³/mol. The summed E-state index contributed by atoms with van der Waals surface area (Å²) < 4.78 is 0.690.